The van der Waals surface area contributed by atoms with Gasteiger partial charge in [0.1, 0.15) is 19.3 Å². The fraction of sp³-hybridized carbons (Fsp3) is 0.952. The van der Waals surface area contributed by atoms with Gasteiger partial charge < -0.3 is 33.8 Å². The molecule has 0 bridgehead atoms. The quantitative estimate of drug-likeness (QED) is 0.0222. The van der Waals surface area contributed by atoms with E-state index in [9.17, 15) is 43.2 Å². The standard InChI is InChI=1S/C83H162O17P2/c1-7-9-11-13-15-17-19-21-23-25-27-31-35-41-47-53-59-65-80(85)93-71-78(99-82(87)67-61-55-49-42-36-32-28-26-24-22-20-18-16-14-12-10-8-2)73-97-101(89,90)95-69-77(84)70-96-102(91,92)98-74-79(72-94-81(86)66-60-54-48-44-38-40-46-52-58-64-76(5)6)100-83(88)68-62-56-50-43-37-33-29-30-34-39-45-51-57-63-75(3)4/h75-79,84H,7-74H2,1-6H3,(H,89,90)(H,91,92)/t77-,78-,79-/m1/s1. The van der Waals surface area contributed by atoms with Crippen molar-refractivity contribution in [3.63, 3.8) is 0 Å². The zero-order valence-electron chi connectivity index (χ0n) is 66.9. The zero-order chi connectivity index (χ0) is 74.9. The Hall–Kier alpha value is -1.94. The molecule has 0 fully saturated rings. The number of esters is 4. The van der Waals surface area contributed by atoms with E-state index in [4.69, 9.17) is 37.0 Å². The predicted molar refractivity (Wildman–Crippen MR) is 418 cm³/mol. The highest BCUT2D eigenvalue weighted by Gasteiger charge is 2.30. The summed E-state index contributed by atoms with van der Waals surface area (Å²) >= 11 is 0. The second-order valence-electron chi connectivity index (χ2n) is 30.8. The normalized spacial score (nSPS) is 13.9. The lowest BCUT2D eigenvalue weighted by molar-refractivity contribution is -0.161. The summed E-state index contributed by atoms with van der Waals surface area (Å²) in [5, 5.41) is 10.7. The SMILES string of the molecule is CCCCCCCCCCCCCCCCCCCC(=O)OC[C@H](COP(=O)(O)OC[C@@H](O)COP(=O)(O)OC[C@@H](COC(=O)CCCCCCCCCCCC(C)C)OC(=O)CCCCCCCCCCCCCCCC(C)C)OC(=O)CCCCCCCCCCCCCCCCCCC. The lowest BCUT2D eigenvalue weighted by Gasteiger charge is -2.21. The van der Waals surface area contributed by atoms with Crippen molar-refractivity contribution in [1.29, 1.82) is 0 Å². The molecule has 17 nitrogen and oxygen atoms in total. The first-order chi connectivity index (χ1) is 49.4. The van der Waals surface area contributed by atoms with Gasteiger partial charge in [-0.15, -0.1) is 0 Å². The van der Waals surface area contributed by atoms with E-state index < -0.39 is 97.5 Å². The number of rotatable bonds is 82. The summed E-state index contributed by atoms with van der Waals surface area (Å²) in [6.07, 6.45) is 65.1. The summed E-state index contributed by atoms with van der Waals surface area (Å²) in [7, 11) is -9.92. The maximum Gasteiger partial charge on any atom is 0.472 e. The maximum absolute atomic E-state index is 13.1. The summed E-state index contributed by atoms with van der Waals surface area (Å²) in [5.74, 6) is -0.574. The highest BCUT2D eigenvalue weighted by Crippen LogP contribution is 2.45. The minimum Gasteiger partial charge on any atom is -0.462 e. The third-order valence-corrected chi connectivity index (χ3v) is 21.4. The van der Waals surface area contributed by atoms with E-state index in [1.54, 1.807) is 0 Å². The summed E-state index contributed by atoms with van der Waals surface area (Å²) in [6.45, 7) is 9.66. The van der Waals surface area contributed by atoms with Crippen molar-refractivity contribution in [3.05, 3.63) is 0 Å². The van der Waals surface area contributed by atoms with E-state index in [0.29, 0.717) is 25.7 Å². The number of phosphoric acid groups is 2. The Kier molecular flexibility index (Phi) is 73.1. The average Bonchev–Trinajstić information content (AvgIpc) is 0.925. The number of aliphatic hydroxyl groups is 1. The number of aliphatic hydroxyl groups excluding tert-OH is 1. The first kappa shape index (κ1) is 100. The van der Waals surface area contributed by atoms with Crippen LogP contribution < -0.4 is 0 Å². The Morgan fingerprint density at radius 1 is 0.265 bits per heavy atom. The fourth-order valence-corrected chi connectivity index (χ4v) is 14.5. The maximum atomic E-state index is 13.1. The number of hydrogen-bond donors (Lipinski definition) is 3. The zero-order valence-corrected chi connectivity index (χ0v) is 68.7. The smallest absolute Gasteiger partial charge is 0.462 e. The number of hydrogen-bond acceptors (Lipinski definition) is 15. The van der Waals surface area contributed by atoms with Crippen molar-refractivity contribution < 1.29 is 80.2 Å². The van der Waals surface area contributed by atoms with E-state index in [0.717, 1.165) is 102 Å². The molecule has 0 spiro atoms. The molecule has 3 N–H and O–H groups in total. The number of carbonyl (C=O) groups excluding carboxylic acids is 4. The molecule has 2 unspecified atom stereocenters. The van der Waals surface area contributed by atoms with Crippen LogP contribution in [0.4, 0.5) is 0 Å². The van der Waals surface area contributed by atoms with Gasteiger partial charge in [0.15, 0.2) is 12.2 Å². The van der Waals surface area contributed by atoms with Gasteiger partial charge in [-0.3, -0.25) is 37.3 Å². The molecule has 606 valence electrons. The van der Waals surface area contributed by atoms with E-state index in [2.05, 4.69) is 41.5 Å². The molecule has 0 amide bonds. The van der Waals surface area contributed by atoms with Crippen molar-refractivity contribution in [3.8, 4) is 0 Å². The van der Waals surface area contributed by atoms with Crippen LogP contribution in [0.25, 0.3) is 0 Å². The van der Waals surface area contributed by atoms with Gasteiger partial charge in [-0.1, -0.05) is 388 Å². The first-order valence-corrected chi connectivity index (χ1v) is 46.0. The van der Waals surface area contributed by atoms with E-state index >= 15 is 0 Å². The van der Waals surface area contributed by atoms with Crippen LogP contribution in [0.5, 0.6) is 0 Å². The molecule has 0 aliphatic carbocycles. The number of carbonyl (C=O) groups is 4. The minimum atomic E-state index is -4.96. The molecule has 0 aliphatic rings. The van der Waals surface area contributed by atoms with Gasteiger partial charge in [-0.2, -0.15) is 0 Å². The fourth-order valence-electron chi connectivity index (χ4n) is 12.9. The highest BCUT2D eigenvalue weighted by atomic mass is 31.2. The van der Waals surface area contributed by atoms with Crippen LogP contribution in [-0.4, -0.2) is 96.7 Å². The van der Waals surface area contributed by atoms with Crippen LogP contribution >= 0.6 is 15.6 Å². The third kappa shape index (κ3) is 76.3. The van der Waals surface area contributed by atoms with Crippen LogP contribution in [0.1, 0.15) is 440 Å². The van der Waals surface area contributed by atoms with E-state index in [1.807, 2.05) is 0 Å². The lowest BCUT2D eigenvalue weighted by Crippen LogP contribution is -2.30. The largest absolute Gasteiger partial charge is 0.472 e. The lowest BCUT2D eigenvalue weighted by atomic mass is 10.0. The minimum absolute atomic E-state index is 0.107. The summed E-state index contributed by atoms with van der Waals surface area (Å²) in [5.41, 5.74) is 0. The Morgan fingerprint density at radius 3 is 0.667 bits per heavy atom. The third-order valence-electron chi connectivity index (χ3n) is 19.5. The average molecular weight is 1490 g/mol. The molecule has 0 radical (unpaired) electrons. The molecular formula is C83H162O17P2. The summed E-state index contributed by atoms with van der Waals surface area (Å²) in [4.78, 5) is 73.2. The van der Waals surface area contributed by atoms with Gasteiger partial charge >= 0.3 is 39.5 Å². The van der Waals surface area contributed by atoms with Crippen molar-refractivity contribution in [2.24, 2.45) is 11.8 Å². The van der Waals surface area contributed by atoms with E-state index in [-0.39, 0.29) is 25.7 Å². The van der Waals surface area contributed by atoms with E-state index in [1.165, 1.54) is 257 Å². The number of phosphoric ester groups is 2. The molecule has 5 atom stereocenters. The molecular weight excluding hydrogens is 1330 g/mol. The molecule has 0 saturated heterocycles. The van der Waals surface area contributed by atoms with Crippen molar-refractivity contribution in [2.75, 3.05) is 39.6 Å². The van der Waals surface area contributed by atoms with Crippen molar-refractivity contribution >= 4 is 39.5 Å². The second kappa shape index (κ2) is 74.5. The van der Waals surface area contributed by atoms with Crippen LogP contribution in [0.2, 0.25) is 0 Å². The van der Waals surface area contributed by atoms with Crippen LogP contribution in [0.15, 0.2) is 0 Å². The van der Waals surface area contributed by atoms with Gasteiger partial charge in [0.25, 0.3) is 0 Å². The van der Waals surface area contributed by atoms with Gasteiger partial charge in [-0.25, -0.2) is 9.13 Å². The van der Waals surface area contributed by atoms with Gasteiger partial charge in [0, 0.05) is 25.7 Å². The van der Waals surface area contributed by atoms with Crippen LogP contribution in [0, 0.1) is 11.8 Å². The second-order valence-corrected chi connectivity index (χ2v) is 33.7. The molecule has 0 aliphatic heterocycles. The number of ether oxygens (including phenoxy) is 4. The Morgan fingerprint density at radius 2 is 0.451 bits per heavy atom. The molecule has 102 heavy (non-hydrogen) atoms. The molecule has 19 heteroatoms. The predicted octanol–water partition coefficient (Wildman–Crippen LogP) is 25.1. The first-order valence-electron chi connectivity index (χ1n) is 43.0. The van der Waals surface area contributed by atoms with Crippen molar-refractivity contribution in [1.82, 2.24) is 0 Å². The molecule has 0 saturated carbocycles. The molecule has 0 heterocycles. The van der Waals surface area contributed by atoms with Crippen LogP contribution in [0.3, 0.4) is 0 Å². The summed E-state index contributed by atoms with van der Waals surface area (Å²) < 4.78 is 68.8. The Labute approximate surface area is 626 Å². The summed E-state index contributed by atoms with van der Waals surface area (Å²) in [6, 6.07) is 0. The molecule has 0 aromatic heterocycles. The molecule has 0 aromatic carbocycles. The molecule has 0 rings (SSSR count). The topological polar surface area (TPSA) is 237 Å². The van der Waals surface area contributed by atoms with Gasteiger partial charge in [-0.05, 0) is 37.5 Å². The molecule has 0 aromatic rings. The Balaban J connectivity index is 5.26. The highest BCUT2D eigenvalue weighted by molar-refractivity contribution is 7.47. The number of unbranched alkanes of at least 4 members (excludes halogenated alkanes) is 52. The van der Waals surface area contributed by atoms with Gasteiger partial charge in [0.2, 0.25) is 0 Å². The van der Waals surface area contributed by atoms with Crippen LogP contribution in [-0.2, 0) is 65.4 Å². The van der Waals surface area contributed by atoms with Crippen molar-refractivity contribution in [2.45, 2.75) is 458 Å². The van der Waals surface area contributed by atoms with Gasteiger partial charge in [0.05, 0.1) is 26.4 Å². The Bertz CT molecular complexity index is 1960. The monoisotopic (exact) mass is 1490 g/mol.